The van der Waals surface area contributed by atoms with Crippen LogP contribution in [0.2, 0.25) is 5.02 Å². The molecule has 5 nitrogen and oxygen atoms in total. The maximum absolute atomic E-state index is 12.6. The first-order chi connectivity index (χ1) is 14.2. The van der Waals surface area contributed by atoms with Gasteiger partial charge in [-0.05, 0) is 62.3 Å². The zero-order valence-electron chi connectivity index (χ0n) is 16.1. The van der Waals surface area contributed by atoms with Crippen molar-refractivity contribution in [3.05, 3.63) is 71.0 Å². The van der Waals surface area contributed by atoms with Gasteiger partial charge in [0.1, 0.15) is 0 Å². The minimum Gasteiger partial charge on any atom is -0.296 e. The number of para-hydroxylation sites is 1. The fourth-order valence-electron chi connectivity index (χ4n) is 3.50. The largest absolute Gasteiger partial charge is 0.296 e. The lowest BCUT2D eigenvalue weighted by Gasteiger charge is -2.26. The van der Waals surface area contributed by atoms with Gasteiger partial charge in [-0.3, -0.25) is 14.3 Å². The molecule has 150 valence electrons. The number of ketones is 1. The molecule has 2 heterocycles. The zero-order chi connectivity index (χ0) is 20.1. The van der Waals surface area contributed by atoms with E-state index in [1.807, 2.05) is 30.3 Å². The van der Waals surface area contributed by atoms with E-state index in [0.717, 1.165) is 36.3 Å². The second-order valence-electron chi connectivity index (χ2n) is 7.13. The van der Waals surface area contributed by atoms with Gasteiger partial charge in [-0.1, -0.05) is 48.0 Å². The highest BCUT2D eigenvalue weighted by atomic mass is 35.5. The predicted octanol–water partition coefficient (Wildman–Crippen LogP) is 4.88. The van der Waals surface area contributed by atoms with Crippen LogP contribution in [0.1, 0.15) is 35.4 Å². The number of carbonyl (C=O) groups is 1. The Morgan fingerprint density at radius 1 is 0.966 bits per heavy atom. The van der Waals surface area contributed by atoms with Gasteiger partial charge in [0, 0.05) is 16.3 Å². The molecule has 1 fully saturated rings. The number of hydrogen-bond donors (Lipinski definition) is 0. The highest BCUT2D eigenvalue weighted by Gasteiger charge is 2.19. The minimum atomic E-state index is 0.0480. The van der Waals surface area contributed by atoms with Gasteiger partial charge in [0.15, 0.2) is 16.8 Å². The molecule has 1 aliphatic rings. The summed E-state index contributed by atoms with van der Waals surface area (Å²) < 4.78 is 2.08. The molecule has 0 atom stereocenters. The Balaban J connectivity index is 1.54. The summed E-state index contributed by atoms with van der Waals surface area (Å²) in [6, 6.07) is 17.1. The van der Waals surface area contributed by atoms with Crippen LogP contribution >= 0.6 is 23.4 Å². The molecule has 7 heteroatoms. The highest BCUT2D eigenvalue weighted by Crippen LogP contribution is 2.24. The summed E-state index contributed by atoms with van der Waals surface area (Å²) in [6.45, 7) is 2.96. The van der Waals surface area contributed by atoms with Crippen LogP contribution in [-0.4, -0.2) is 44.3 Å². The number of nitrogens with zero attached hydrogens (tertiary/aromatic N) is 4. The molecular weight excluding hydrogens is 404 g/mol. The van der Waals surface area contributed by atoms with Crippen molar-refractivity contribution in [2.45, 2.75) is 31.0 Å². The van der Waals surface area contributed by atoms with Crippen LogP contribution in [0.15, 0.2) is 59.8 Å². The van der Waals surface area contributed by atoms with Crippen molar-refractivity contribution in [2.75, 3.05) is 18.8 Å². The third-order valence-electron chi connectivity index (χ3n) is 5.03. The van der Waals surface area contributed by atoms with E-state index >= 15 is 0 Å². The lowest BCUT2D eigenvalue weighted by molar-refractivity contribution is 0.102. The quantitative estimate of drug-likeness (QED) is 0.398. The first-order valence-corrected chi connectivity index (χ1v) is 11.2. The Morgan fingerprint density at radius 3 is 2.41 bits per heavy atom. The topological polar surface area (TPSA) is 51.0 Å². The Kier molecular flexibility index (Phi) is 6.64. The van der Waals surface area contributed by atoms with E-state index in [1.165, 1.54) is 31.0 Å². The first kappa shape index (κ1) is 20.1. The Morgan fingerprint density at radius 2 is 1.69 bits per heavy atom. The molecule has 4 rings (SSSR count). The van der Waals surface area contributed by atoms with E-state index in [1.54, 1.807) is 24.3 Å². The Labute approximate surface area is 180 Å². The molecular formula is C22H23ClN4OS. The van der Waals surface area contributed by atoms with Gasteiger partial charge >= 0.3 is 0 Å². The number of halogens is 1. The summed E-state index contributed by atoms with van der Waals surface area (Å²) in [4.78, 5) is 15.0. The van der Waals surface area contributed by atoms with Gasteiger partial charge in [0.05, 0.1) is 12.3 Å². The highest BCUT2D eigenvalue weighted by molar-refractivity contribution is 7.99. The maximum Gasteiger partial charge on any atom is 0.196 e. The van der Waals surface area contributed by atoms with E-state index in [2.05, 4.69) is 19.7 Å². The molecule has 0 bridgehead atoms. The summed E-state index contributed by atoms with van der Waals surface area (Å²) in [5.74, 6) is 1.27. The van der Waals surface area contributed by atoms with Gasteiger partial charge in [-0.15, -0.1) is 10.2 Å². The summed E-state index contributed by atoms with van der Waals surface area (Å²) in [7, 11) is 0. The molecule has 0 spiro atoms. The summed E-state index contributed by atoms with van der Waals surface area (Å²) in [5.41, 5.74) is 1.67. The maximum atomic E-state index is 12.6. The lowest BCUT2D eigenvalue weighted by Crippen LogP contribution is -2.30. The first-order valence-electron chi connectivity index (χ1n) is 9.84. The van der Waals surface area contributed by atoms with Gasteiger partial charge < -0.3 is 0 Å². The minimum absolute atomic E-state index is 0.0480. The normalized spacial score (nSPS) is 14.8. The molecule has 1 saturated heterocycles. The molecule has 0 amide bonds. The monoisotopic (exact) mass is 426 g/mol. The van der Waals surface area contributed by atoms with E-state index in [9.17, 15) is 4.79 Å². The van der Waals surface area contributed by atoms with Gasteiger partial charge in [-0.25, -0.2) is 0 Å². The van der Waals surface area contributed by atoms with Gasteiger partial charge in [-0.2, -0.15) is 0 Å². The summed E-state index contributed by atoms with van der Waals surface area (Å²) >= 11 is 7.34. The van der Waals surface area contributed by atoms with Crippen LogP contribution in [0.25, 0.3) is 5.69 Å². The molecule has 1 aliphatic heterocycles. The number of benzene rings is 2. The Bertz CT molecular complexity index is 953. The second-order valence-corrected chi connectivity index (χ2v) is 8.50. The number of carbonyl (C=O) groups excluding carboxylic acids is 1. The molecule has 0 aliphatic carbocycles. The van der Waals surface area contributed by atoms with Crippen molar-refractivity contribution in [3.63, 3.8) is 0 Å². The van der Waals surface area contributed by atoms with Crippen molar-refractivity contribution in [3.8, 4) is 5.69 Å². The average molecular weight is 427 g/mol. The van der Waals surface area contributed by atoms with Crippen LogP contribution in [0.5, 0.6) is 0 Å². The zero-order valence-corrected chi connectivity index (χ0v) is 17.7. The summed E-state index contributed by atoms with van der Waals surface area (Å²) in [5, 5.41) is 10.3. The van der Waals surface area contributed by atoms with Crippen LogP contribution in [0.4, 0.5) is 0 Å². The van der Waals surface area contributed by atoms with Crippen molar-refractivity contribution in [2.24, 2.45) is 0 Å². The molecule has 0 radical (unpaired) electrons. The fraction of sp³-hybridized carbons (Fsp3) is 0.318. The molecule has 29 heavy (non-hydrogen) atoms. The molecule has 0 saturated carbocycles. The number of likely N-dealkylation sites (tertiary alicyclic amines) is 1. The second kappa shape index (κ2) is 9.57. The average Bonchev–Trinajstić information content (AvgIpc) is 3.16. The van der Waals surface area contributed by atoms with E-state index in [4.69, 9.17) is 11.6 Å². The van der Waals surface area contributed by atoms with Crippen LogP contribution in [0.3, 0.4) is 0 Å². The predicted molar refractivity (Wildman–Crippen MR) is 117 cm³/mol. The third kappa shape index (κ3) is 5.07. The van der Waals surface area contributed by atoms with Crippen LogP contribution < -0.4 is 0 Å². The molecule has 0 unspecified atom stereocenters. The van der Waals surface area contributed by atoms with E-state index < -0.39 is 0 Å². The van der Waals surface area contributed by atoms with Gasteiger partial charge in [0.2, 0.25) is 0 Å². The third-order valence-corrected chi connectivity index (χ3v) is 6.21. The van der Waals surface area contributed by atoms with Crippen LogP contribution in [0, 0.1) is 0 Å². The summed E-state index contributed by atoms with van der Waals surface area (Å²) in [6.07, 6.45) is 3.77. The van der Waals surface area contributed by atoms with Crippen molar-refractivity contribution in [1.82, 2.24) is 19.7 Å². The number of thioether (sulfide) groups is 1. The molecule has 1 aromatic heterocycles. The SMILES string of the molecule is O=C(CSc1nnc(CN2CCCCC2)n1-c1ccccc1)c1ccc(Cl)cc1. The smallest absolute Gasteiger partial charge is 0.196 e. The number of aromatic nitrogens is 3. The number of Topliss-reactive ketones (excluding diaryl/α,β-unsaturated/α-hetero) is 1. The number of piperidine rings is 1. The fourth-order valence-corrected chi connectivity index (χ4v) is 4.49. The van der Waals surface area contributed by atoms with E-state index in [-0.39, 0.29) is 5.78 Å². The number of rotatable bonds is 7. The van der Waals surface area contributed by atoms with Crippen molar-refractivity contribution in [1.29, 1.82) is 0 Å². The number of hydrogen-bond acceptors (Lipinski definition) is 5. The molecule has 2 aromatic carbocycles. The van der Waals surface area contributed by atoms with Gasteiger partial charge in [0.25, 0.3) is 0 Å². The molecule has 3 aromatic rings. The Hall–Kier alpha value is -2.15. The lowest BCUT2D eigenvalue weighted by atomic mass is 10.1. The van der Waals surface area contributed by atoms with Crippen molar-refractivity contribution < 1.29 is 4.79 Å². The van der Waals surface area contributed by atoms with Crippen LogP contribution in [-0.2, 0) is 6.54 Å². The van der Waals surface area contributed by atoms with E-state index in [0.29, 0.717) is 16.3 Å². The van der Waals surface area contributed by atoms with Crippen molar-refractivity contribution >= 4 is 29.1 Å². The standard InChI is InChI=1S/C22H23ClN4OS/c23-18-11-9-17(10-12-18)20(28)16-29-22-25-24-21(15-26-13-5-2-6-14-26)27(22)19-7-3-1-4-8-19/h1,3-4,7-12H,2,5-6,13-16H2. The molecule has 0 N–H and O–H groups in total.